The molecule has 0 spiro atoms. The normalized spacial score (nSPS) is 14.5. The van der Waals surface area contributed by atoms with Gasteiger partial charge in [0.2, 0.25) is 11.8 Å². The molecule has 1 atom stereocenters. The molecule has 41 heavy (non-hydrogen) atoms. The molecule has 1 aliphatic rings. The van der Waals surface area contributed by atoms with E-state index >= 15 is 0 Å². The minimum Gasteiger partial charge on any atom is -0.352 e. The first kappa shape index (κ1) is 31.2. The highest BCUT2D eigenvalue weighted by Gasteiger charge is 2.34. The van der Waals surface area contributed by atoms with Gasteiger partial charge in [-0.2, -0.15) is 0 Å². The number of carbonyl (C=O) groups is 2. The summed E-state index contributed by atoms with van der Waals surface area (Å²) in [5, 5.41) is 3.96. The first-order valence-corrected chi connectivity index (χ1v) is 15.9. The summed E-state index contributed by atoms with van der Waals surface area (Å²) in [6.45, 7) is 2.85. The fourth-order valence-electron chi connectivity index (χ4n) is 4.81. The van der Waals surface area contributed by atoms with Gasteiger partial charge < -0.3 is 10.2 Å². The predicted molar refractivity (Wildman–Crippen MR) is 164 cm³/mol. The molecule has 2 amide bonds. The summed E-state index contributed by atoms with van der Waals surface area (Å²) < 4.78 is 28.8. The van der Waals surface area contributed by atoms with Crippen molar-refractivity contribution in [2.75, 3.05) is 10.8 Å². The molecule has 218 valence electrons. The van der Waals surface area contributed by atoms with E-state index < -0.39 is 28.5 Å². The fourth-order valence-corrected chi connectivity index (χ4v) is 7.00. The summed E-state index contributed by atoms with van der Waals surface area (Å²) in [5.74, 6) is -0.915. The van der Waals surface area contributed by atoms with Crippen molar-refractivity contribution in [2.24, 2.45) is 0 Å². The number of rotatable bonds is 10. The Morgan fingerprint density at radius 2 is 1.61 bits per heavy atom. The average Bonchev–Trinajstić information content (AvgIpc) is 3.44. The zero-order valence-electron chi connectivity index (χ0n) is 22.8. The SMILES string of the molecule is Cc1ccc(S(=O)(=O)N(CC(=O)N(Cc2ccc(Cl)cc2Cl)[C@@H](C)C(=O)NC2CCCC2)c2ccccc2Cl)cc1. The molecule has 0 heterocycles. The molecule has 3 aromatic carbocycles. The van der Waals surface area contributed by atoms with Crippen LogP contribution in [0.15, 0.2) is 71.6 Å². The van der Waals surface area contributed by atoms with Gasteiger partial charge in [-0.3, -0.25) is 13.9 Å². The summed E-state index contributed by atoms with van der Waals surface area (Å²) in [4.78, 5) is 28.7. The Hall–Kier alpha value is -2.78. The van der Waals surface area contributed by atoms with Gasteiger partial charge in [0.25, 0.3) is 10.0 Å². The van der Waals surface area contributed by atoms with Crippen LogP contribution in [0.3, 0.4) is 0 Å². The Balaban J connectivity index is 1.71. The van der Waals surface area contributed by atoms with E-state index in [0.29, 0.717) is 15.6 Å². The number of halogens is 3. The maximum Gasteiger partial charge on any atom is 0.264 e. The molecule has 7 nitrogen and oxygen atoms in total. The van der Waals surface area contributed by atoms with E-state index in [9.17, 15) is 18.0 Å². The monoisotopic (exact) mass is 635 g/mol. The molecule has 1 aliphatic carbocycles. The van der Waals surface area contributed by atoms with Crippen LogP contribution in [0.5, 0.6) is 0 Å². The maximum atomic E-state index is 14.1. The maximum absolute atomic E-state index is 14.1. The topological polar surface area (TPSA) is 86.8 Å². The smallest absolute Gasteiger partial charge is 0.264 e. The molecule has 4 rings (SSSR count). The molecule has 1 N–H and O–H groups in total. The standard InChI is InChI=1S/C30H32Cl3N3O4S/c1-20-11-15-25(16-12-20)41(39,40)36(28-10-6-5-9-26(28)32)19-29(37)35(18-22-13-14-23(31)17-27(22)33)21(2)30(38)34-24-7-3-4-8-24/h5-6,9-17,21,24H,3-4,7-8,18-19H2,1-2H3,(H,34,38)/t21-/m0/s1. The largest absolute Gasteiger partial charge is 0.352 e. The van der Waals surface area contributed by atoms with Gasteiger partial charge in [0.05, 0.1) is 15.6 Å². The average molecular weight is 637 g/mol. The van der Waals surface area contributed by atoms with Crippen molar-refractivity contribution in [2.45, 2.75) is 63.1 Å². The van der Waals surface area contributed by atoms with Crippen LogP contribution in [0.1, 0.15) is 43.7 Å². The van der Waals surface area contributed by atoms with Gasteiger partial charge in [-0.05, 0) is 68.7 Å². The highest BCUT2D eigenvalue weighted by Crippen LogP contribution is 2.31. The zero-order valence-corrected chi connectivity index (χ0v) is 25.9. The summed E-state index contributed by atoms with van der Waals surface area (Å²) in [7, 11) is -4.22. The van der Waals surface area contributed by atoms with Gasteiger partial charge in [-0.15, -0.1) is 0 Å². The number of carbonyl (C=O) groups excluding carboxylic acids is 2. The van der Waals surface area contributed by atoms with Gasteiger partial charge >= 0.3 is 0 Å². The van der Waals surface area contributed by atoms with Crippen LogP contribution >= 0.6 is 34.8 Å². The molecule has 1 fully saturated rings. The molecule has 0 bridgehead atoms. The third kappa shape index (κ3) is 7.55. The fraction of sp³-hybridized carbons (Fsp3) is 0.333. The Morgan fingerprint density at radius 1 is 0.951 bits per heavy atom. The van der Waals surface area contributed by atoms with Crippen molar-refractivity contribution in [1.82, 2.24) is 10.2 Å². The number of anilines is 1. The lowest BCUT2D eigenvalue weighted by Crippen LogP contribution is -2.52. The van der Waals surface area contributed by atoms with E-state index in [2.05, 4.69) is 5.32 Å². The number of sulfonamides is 1. The molecule has 1 saturated carbocycles. The number of benzene rings is 3. The second-order valence-electron chi connectivity index (χ2n) is 10.2. The van der Waals surface area contributed by atoms with Gasteiger partial charge in [0.1, 0.15) is 12.6 Å². The Morgan fingerprint density at radius 3 is 2.24 bits per heavy atom. The number of nitrogens with one attached hydrogen (secondary N) is 1. The second kappa shape index (κ2) is 13.5. The van der Waals surface area contributed by atoms with Crippen LogP contribution in [-0.2, 0) is 26.2 Å². The van der Waals surface area contributed by atoms with E-state index in [-0.39, 0.29) is 34.1 Å². The first-order chi connectivity index (χ1) is 19.5. The van der Waals surface area contributed by atoms with Gasteiger partial charge in [-0.25, -0.2) is 8.42 Å². The van der Waals surface area contributed by atoms with E-state index in [4.69, 9.17) is 34.8 Å². The minimum absolute atomic E-state index is 0.00939. The van der Waals surface area contributed by atoms with Crippen molar-refractivity contribution < 1.29 is 18.0 Å². The van der Waals surface area contributed by atoms with E-state index in [1.165, 1.54) is 23.1 Å². The molecule has 0 unspecified atom stereocenters. The molecular weight excluding hydrogens is 605 g/mol. The number of hydrogen-bond donors (Lipinski definition) is 1. The molecular formula is C30H32Cl3N3O4S. The van der Waals surface area contributed by atoms with Crippen LogP contribution in [0, 0.1) is 6.92 Å². The number of para-hydroxylation sites is 1. The van der Waals surface area contributed by atoms with Crippen molar-refractivity contribution in [3.63, 3.8) is 0 Å². The van der Waals surface area contributed by atoms with Crippen LogP contribution in [0.25, 0.3) is 0 Å². The van der Waals surface area contributed by atoms with Gasteiger partial charge in [-0.1, -0.05) is 83.5 Å². The first-order valence-electron chi connectivity index (χ1n) is 13.3. The Bertz CT molecular complexity index is 1510. The van der Waals surface area contributed by atoms with E-state index in [0.717, 1.165) is 35.6 Å². The van der Waals surface area contributed by atoms with Crippen LogP contribution in [-0.4, -0.2) is 43.8 Å². The van der Waals surface area contributed by atoms with Crippen LogP contribution in [0.2, 0.25) is 15.1 Å². The molecule has 11 heteroatoms. The summed E-state index contributed by atoms with van der Waals surface area (Å²) in [5.41, 5.74) is 1.60. The molecule has 0 saturated heterocycles. The second-order valence-corrected chi connectivity index (χ2v) is 13.3. The van der Waals surface area contributed by atoms with Crippen LogP contribution in [0.4, 0.5) is 5.69 Å². The molecule has 0 radical (unpaired) electrons. The third-order valence-electron chi connectivity index (χ3n) is 7.23. The Labute approximate surface area is 256 Å². The Kier molecular flexibility index (Phi) is 10.2. The number of nitrogens with zero attached hydrogens (tertiary/aromatic N) is 2. The number of aryl methyl sites for hydroxylation is 1. The molecule has 3 aromatic rings. The van der Waals surface area contributed by atoms with E-state index in [1.807, 2.05) is 6.92 Å². The van der Waals surface area contributed by atoms with Crippen molar-refractivity contribution in [1.29, 1.82) is 0 Å². The highest BCUT2D eigenvalue weighted by molar-refractivity contribution is 7.92. The summed E-state index contributed by atoms with van der Waals surface area (Å²) in [6, 6.07) is 16.8. The highest BCUT2D eigenvalue weighted by atomic mass is 35.5. The third-order valence-corrected chi connectivity index (χ3v) is 9.91. The van der Waals surface area contributed by atoms with Gasteiger partial charge in [0, 0.05) is 22.6 Å². The van der Waals surface area contributed by atoms with E-state index in [1.54, 1.807) is 55.5 Å². The lowest BCUT2D eigenvalue weighted by atomic mass is 10.1. The minimum atomic E-state index is -4.22. The number of amides is 2. The quantitative estimate of drug-likeness (QED) is 0.271. The lowest BCUT2D eigenvalue weighted by molar-refractivity contribution is -0.139. The number of hydrogen-bond acceptors (Lipinski definition) is 4. The predicted octanol–water partition coefficient (Wildman–Crippen LogP) is 6.63. The van der Waals surface area contributed by atoms with Crippen molar-refractivity contribution in [3.05, 3.63) is 92.9 Å². The zero-order chi connectivity index (χ0) is 29.7. The van der Waals surface area contributed by atoms with Gasteiger partial charge in [0.15, 0.2) is 0 Å². The lowest BCUT2D eigenvalue weighted by Gasteiger charge is -2.33. The molecule has 0 aliphatic heterocycles. The summed E-state index contributed by atoms with van der Waals surface area (Å²) in [6.07, 6.45) is 3.83. The van der Waals surface area contributed by atoms with Crippen LogP contribution < -0.4 is 9.62 Å². The molecule has 0 aromatic heterocycles. The summed E-state index contributed by atoms with van der Waals surface area (Å²) >= 11 is 19.0. The van der Waals surface area contributed by atoms with Crippen molar-refractivity contribution in [3.8, 4) is 0 Å². The van der Waals surface area contributed by atoms with Crippen molar-refractivity contribution >= 4 is 62.3 Å².